The molecule has 0 saturated heterocycles. The molecule has 0 aliphatic heterocycles. The molecular formula is C16H34N2O2S. The number of sulfonamides is 1. The van der Waals surface area contributed by atoms with Crippen LogP contribution in [0.1, 0.15) is 66.2 Å². The highest BCUT2D eigenvalue weighted by Gasteiger charge is 2.42. The first-order valence-corrected chi connectivity index (χ1v) is 9.84. The fraction of sp³-hybridized carbons (Fsp3) is 1.00. The van der Waals surface area contributed by atoms with Gasteiger partial charge in [-0.3, -0.25) is 0 Å². The third-order valence-electron chi connectivity index (χ3n) is 5.19. The first-order valence-electron chi connectivity index (χ1n) is 8.23. The van der Waals surface area contributed by atoms with Gasteiger partial charge in [-0.25, -0.2) is 8.42 Å². The Bertz CT molecular complexity index is 418. The molecule has 0 bridgehead atoms. The molecule has 0 unspecified atom stereocenters. The molecule has 1 fully saturated rings. The van der Waals surface area contributed by atoms with Gasteiger partial charge >= 0.3 is 0 Å². The molecule has 21 heavy (non-hydrogen) atoms. The topological polar surface area (TPSA) is 63.4 Å². The Kier molecular flexibility index (Phi) is 6.28. The van der Waals surface area contributed by atoms with Gasteiger partial charge in [-0.05, 0) is 43.4 Å². The molecule has 0 radical (unpaired) electrons. The fourth-order valence-electron chi connectivity index (χ4n) is 3.14. The van der Waals surface area contributed by atoms with Crippen LogP contribution in [0.5, 0.6) is 0 Å². The van der Waals surface area contributed by atoms with Crippen LogP contribution in [0.4, 0.5) is 0 Å². The maximum atomic E-state index is 12.7. The van der Waals surface area contributed by atoms with Gasteiger partial charge in [-0.15, -0.1) is 0 Å². The molecule has 1 rings (SSSR count). The van der Waals surface area contributed by atoms with Gasteiger partial charge in [0.05, 0.1) is 5.75 Å². The number of hydrogen-bond acceptors (Lipinski definition) is 3. The molecule has 5 heteroatoms. The average molecular weight is 319 g/mol. The van der Waals surface area contributed by atoms with Crippen molar-refractivity contribution in [2.45, 2.75) is 71.8 Å². The monoisotopic (exact) mass is 318 g/mol. The Balaban J connectivity index is 2.81. The van der Waals surface area contributed by atoms with E-state index < -0.39 is 10.0 Å². The molecule has 0 atom stereocenters. The van der Waals surface area contributed by atoms with Crippen molar-refractivity contribution in [3.8, 4) is 0 Å². The summed E-state index contributed by atoms with van der Waals surface area (Å²) in [4.78, 5) is 0. The predicted octanol–water partition coefficient (Wildman–Crippen LogP) is 2.98. The molecule has 1 saturated carbocycles. The van der Waals surface area contributed by atoms with E-state index in [1.54, 1.807) is 11.4 Å². The summed E-state index contributed by atoms with van der Waals surface area (Å²) >= 11 is 0. The van der Waals surface area contributed by atoms with E-state index in [9.17, 15) is 8.42 Å². The van der Waals surface area contributed by atoms with Gasteiger partial charge in [0.2, 0.25) is 10.0 Å². The zero-order valence-electron chi connectivity index (χ0n) is 14.5. The van der Waals surface area contributed by atoms with Crippen molar-refractivity contribution in [3.05, 3.63) is 0 Å². The smallest absolute Gasteiger partial charge is 0.214 e. The summed E-state index contributed by atoms with van der Waals surface area (Å²) in [5, 5.41) is 0. The minimum absolute atomic E-state index is 0.0314. The molecule has 4 nitrogen and oxygen atoms in total. The SMILES string of the molecule is CCC1CCC(CN)(N(C)S(=O)(=O)CCC(C)(C)C)CC1. The van der Waals surface area contributed by atoms with Gasteiger partial charge in [-0.2, -0.15) is 4.31 Å². The average Bonchev–Trinajstić information content (AvgIpc) is 2.44. The highest BCUT2D eigenvalue weighted by atomic mass is 32.2. The fourth-order valence-corrected chi connectivity index (χ4v) is 5.13. The van der Waals surface area contributed by atoms with Gasteiger partial charge in [-0.1, -0.05) is 34.1 Å². The van der Waals surface area contributed by atoms with E-state index in [0.29, 0.717) is 13.0 Å². The van der Waals surface area contributed by atoms with Crippen molar-refractivity contribution in [2.24, 2.45) is 17.1 Å². The first kappa shape index (κ1) is 18.9. The highest BCUT2D eigenvalue weighted by molar-refractivity contribution is 7.89. The van der Waals surface area contributed by atoms with Crippen LogP contribution < -0.4 is 5.73 Å². The molecule has 0 aromatic rings. The van der Waals surface area contributed by atoms with Crippen molar-refractivity contribution < 1.29 is 8.42 Å². The number of nitrogens with two attached hydrogens (primary N) is 1. The lowest BCUT2D eigenvalue weighted by atomic mass is 9.75. The van der Waals surface area contributed by atoms with E-state index in [4.69, 9.17) is 5.73 Å². The molecule has 0 aromatic carbocycles. The summed E-state index contributed by atoms with van der Waals surface area (Å²) in [7, 11) is -1.50. The number of nitrogens with zero attached hydrogens (tertiary/aromatic N) is 1. The van der Waals surface area contributed by atoms with E-state index in [-0.39, 0.29) is 16.7 Å². The zero-order valence-corrected chi connectivity index (χ0v) is 15.3. The lowest BCUT2D eigenvalue weighted by Crippen LogP contribution is -2.56. The minimum Gasteiger partial charge on any atom is -0.329 e. The van der Waals surface area contributed by atoms with Crippen molar-refractivity contribution in [1.82, 2.24) is 4.31 Å². The third kappa shape index (κ3) is 4.93. The Morgan fingerprint density at radius 2 is 1.76 bits per heavy atom. The van der Waals surface area contributed by atoms with Gasteiger partial charge < -0.3 is 5.73 Å². The molecule has 126 valence electrons. The van der Waals surface area contributed by atoms with Crippen molar-refractivity contribution >= 4 is 10.0 Å². The number of rotatable bonds is 6. The van der Waals surface area contributed by atoms with Crippen LogP contribution >= 0.6 is 0 Å². The summed E-state index contributed by atoms with van der Waals surface area (Å²) in [5.74, 6) is 0.946. The Hall–Kier alpha value is -0.130. The quantitative estimate of drug-likeness (QED) is 0.819. The second-order valence-electron chi connectivity index (χ2n) is 7.87. The van der Waals surface area contributed by atoms with Gasteiger partial charge in [0.15, 0.2) is 0 Å². The third-order valence-corrected chi connectivity index (χ3v) is 7.13. The summed E-state index contributed by atoms with van der Waals surface area (Å²) in [5.41, 5.74) is 5.67. The van der Waals surface area contributed by atoms with Crippen molar-refractivity contribution in [2.75, 3.05) is 19.3 Å². The molecular weight excluding hydrogens is 284 g/mol. The minimum atomic E-state index is -3.23. The Morgan fingerprint density at radius 3 is 2.14 bits per heavy atom. The molecule has 0 spiro atoms. The molecule has 0 amide bonds. The van der Waals surface area contributed by atoms with Gasteiger partial charge in [0, 0.05) is 19.1 Å². The van der Waals surface area contributed by atoms with Crippen LogP contribution in [-0.4, -0.2) is 37.6 Å². The van der Waals surface area contributed by atoms with E-state index in [2.05, 4.69) is 27.7 Å². The molecule has 1 aliphatic rings. The molecule has 1 aliphatic carbocycles. The van der Waals surface area contributed by atoms with Crippen LogP contribution in [-0.2, 0) is 10.0 Å². The first-order chi connectivity index (χ1) is 9.56. The standard InChI is InChI=1S/C16H34N2O2S/c1-6-14-7-9-16(13-17,10-8-14)18(5)21(19,20)12-11-15(2,3)4/h14H,6-13,17H2,1-5H3. The summed E-state index contributed by atoms with van der Waals surface area (Å²) < 4.78 is 26.9. The normalized spacial score (nSPS) is 28.0. The predicted molar refractivity (Wildman–Crippen MR) is 89.7 cm³/mol. The van der Waals surface area contributed by atoms with Crippen LogP contribution in [0.25, 0.3) is 0 Å². The van der Waals surface area contributed by atoms with Crippen LogP contribution in [0.3, 0.4) is 0 Å². The lowest BCUT2D eigenvalue weighted by molar-refractivity contribution is 0.128. The maximum Gasteiger partial charge on any atom is 0.214 e. The van der Waals surface area contributed by atoms with Crippen molar-refractivity contribution in [1.29, 1.82) is 0 Å². The van der Waals surface area contributed by atoms with Crippen molar-refractivity contribution in [3.63, 3.8) is 0 Å². The summed E-state index contributed by atoms with van der Waals surface area (Å²) in [6.45, 7) is 8.87. The van der Waals surface area contributed by atoms with Crippen LogP contribution in [0.15, 0.2) is 0 Å². The second-order valence-corrected chi connectivity index (χ2v) is 9.99. The lowest BCUT2D eigenvalue weighted by Gasteiger charge is -2.45. The summed E-state index contributed by atoms with van der Waals surface area (Å²) in [6.07, 6.45) is 5.83. The largest absolute Gasteiger partial charge is 0.329 e. The zero-order chi connectivity index (χ0) is 16.3. The second kappa shape index (κ2) is 6.97. The molecule has 2 N–H and O–H groups in total. The van der Waals surface area contributed by atoms with E-state index in [1.807, 2.05) is 0 Å². The maximum absolute atomic E-state index is 12.7. The van der Waals surface area contributed by atoms with Gasteiger partial charge in [0.25, 0.3) is 0 Å². The van der Waals surface area contributed by atoms with E-state index >= 15 is 0 Å². The number of hydrogen-bond donors (Lipinski definition) is 1. The van der Waals surface area contributed by atoms with Crippen LogP contribution in [0, 0.1) is 11.3 Å². The Morgan fingerprint density at radius 1 is 1.24 bits per heavy atom. The van der Waals surface area contributed by atoms with Gasteiger partial charge in [0.1, 0.15) is 0 Å². The molecule has 0 heterocycles. The van der Waals surface area contributed by atoms with Crippen LogP contribution in [0.2, 0.25) is 0 Å². The van der Waals surface area contributed by atoms with E-state index in [1.165, 1.54) is 6.42 Å². The summed E-state index contributed by atoms with van der Waals surface area (Å²) in [6, 6.07) is 0. The Labute approximate surface area is 131 Å². The van der Waals surface area contributed by atoms with E-state index in [0.717, 1.165) is 31.6 Å². The molecule has 0 aromatic heterocycles. The number of likely N-dealkylation sites (N-methyl/N-ethyl adjacent to an activating group) is 1. The highest BCUT2D eigenvalue weighted by Crippen LogP contribution is 2.38.